The van der Waals surface area contributed by atoms with Crippen LogP contribution in [-0.2, 0) is 4.79 Å². The summed E-state index contributed by atoms with van der Waals surface area (Å²) in [5.74, 6) is -0.631. The summed E-state index contributed by atoms with van der Waals surface area (Å²) in [6.07, 6.45) is 0. The smallest absolute Gasteiger partial charge is 0.287 e. The molecule has 2 aromatic carbocycles. The number of nitrogens with one attached hydrogen (secondary N) is 2. The number of amides is 2. The van der Waals surface area contributed by atoms with Gasteiger partial charge in [-0.3, -0.25) is 9.59 Å². The molecule has 134 valence electrons. The zero-order chi connectivity index (χ0) is 18.8. The molecule has 0 aliphatic carbocycles. The van der Waals surface area contributed by atoms with E-state index in [2.05, 4.69) is 26.6 Å². The van der Waals surface area contributed by atoms with E-state index in [0.717, 1.165) is 15.4 Å². The van der Waals surface area contributed by atoms with Gasteiger partial charge in [0.25, 0.3) is 5.91 Å². The molecule has 1 aromatic heterocycles. The molecule has 0 spiro atoms. The maximum atomic E-state index is 12.4. The fourth-order valence-electron chi connectivity index (χ4n) is 2.63. The molecule has 26 heavy (non-hydrogen) atoms. The number of rotatable bonds is 4. The number of hydrogen-bond donors (Lipinski definition) is 2. The first-order valence-electron chi connectivity index (χ1n) is 7.88. The van der Waals surface area contributed by atoms with Crippen molar-refractivity contribution < 1.29 is 14.0 Å². The minimum Gasteiger partial charge on any atom is -0.449 e. The van der Waals surface area contributed by atoms with Gasteiger partial charge in [0.2, 0.25) is 5.91 Å². The van der Waals surface area contributed by atoms with Crippen molar-refractivity contribution in [2.75, 3.05) is 11.9 Å². The van der Waals surface area contributed by atoms with Crippen LogP contribution in [0.15, 0.2) is 45.3 Å². The third kappa shape index (κ3) is 3.76. The van der Waals surface area contributed by atoms with Gasteiger partial charge in [-0.1, -0.05) is 39.7 Å². The summed E-state index contributed by atoms with van der Waals surface area (Å²) in [7, 11) is 0. The number of anilines is 1. The second kappa shape index (κ2) is 7.51. The van der Waals surface area contributed by atoms with Crippen LogP contribution in [0.5, 0.6) is 0 Å². The number of aryl methyl sites for hydroxylation is 2. The van der Waals surface area contributed by atoms with E-state index in [1.807, 2.05) is 25.1 Å². The number of fused-ring (bicyclic) bond motifs is 1. The number of carbonyl (C=O) groups is 2. The molecule has 0 aliphatic heterocycles. The van der Waals surface area contributed by atoms with Gasteiger partial charge in [0, 0.05) is 21.1 Å². The number of halogens is 2. The van der Waals surface area contributed by atoms with Crippen LogP contribution in [-0.4, -0.2) is 18.4 Å². The quantitative estimate of drug-likeness (QED) is 0.616. The summed E-state index contributed by atoms with van der Waals surface area (Å²) in [5, 5.41) is 6.56. The average molecular weight is 436 g/mol. The molecule has 5 nitrogen and oxygen atoms in total. The van der Waals surface area contributed by atoms with E-state index in [1.54, 1.807) is 25.1 Å². The van der Waals surface area contributed by atoms with Crippen LogP contribution in [0, 0.1) is 13.8 Å². The van der Waals surface area contributed by atoms with Crippen molar-refractivity contribution >= 4 is 56.0 Å². The lowest BCUT2D eigenvalue weighted by atomic mass is 10.1. The molecule has 0 saturated carbocycles. The zero-order valence-corrected chi connectivity index (χ0v) is 16.5. The Hall–Kier alpha value is -2.31. The summed E-state index contributed by atoms with van der Waals surface area (Å²) in [4.78, 5) is 24.5. The van der Waals surface area contributed by atoms with E-state index in [9.17, 15) is 9.59 Å². The van der Waals surface area contributed by atoms with Crippen molar-refractivity contribution in [3.8, 4) is 0 Å². The highest BCUT2D eigenvalue weighted by atomic mass is 79.9. The summed E-state index contributed by atoms with van der Waals surface area (Å²) in [6.45, 7) is 3.50. The summed E-state index contributed by atoms with van der Waals surface area (Å²) in [6, 6.07) is 10.9. The highest BCUT2D eigenvalue weighted by Gasteiger charge is 2.19. The molecule has 0 radical (unpaired) electrons. The predicted octanol–water partition coefficient (Wildman–Crippen LogP) is 4.83. The molecule has 2 amide bonds. The van der Waals surface area contributed by atoms with Gasteiger partial charge in [0.1, 0.15) is 0 Å². The van der Waals surface area contributed by atoms with Crippen molar-refractivity contribution in [3.05, 3.63) is 62.8 Å². The molecule has 0 aliphatic rings. The van der Waals surface area contributed by atoms with Crippen LogP contribution in [0.1, 0.15) is 21.7 Å². The van der Waals surface area contributed by atoms with Crippen LogP contribution in [0.3, 0.4) is 0 Å². The lowest BCUT2D eigenvalue weighted by molar-refractivity contribution is -0.115. The molecular formula is C19H16BrClN2O3. The van der Waals surface area contributed by atoms with E-state index < -0.39 is 5.91 Å². The fraction of sp³-hybridized carbons (Fsp3) is 0.158. The molecule has 1 heterocycles. The maximum absolute atomic E-state index is 12.4. The number of furan rings is 1. The third-order valence-corrected chi connectivity index (χ3v) is 4.78. The Bertz CT molecular complexity index is 1010. The first-order valence-corrected chi connectivity index (χ1v) is 9.05. The Kier molecular flexibility index (Phi) is 5.34. The number of para-hydroxylation sites is 1. The van der Waals surface area contributed by atoms with Crippen LogP contribution in [0.4, 0.5) is 5.69 Å². The highest BCUT2D eigenvalue weighted by Crippen LogP contribution is 2.30. The Balaban J connectivity index is 1.68. The molecule has 2 N–H and O–H groups in total. The molecular weight excluding hydrogens is 420 g/mol. The summed E-state index contributed by atoms with van der Waals surface area (Å²) < 4.78 is 6.52. The number of carbonyl (C=O) groups excluding carboxylic acids is 2. The monoisotopic (exact) mass is 434 g/mol. The van der Waals surface area contributed by atoms with E-state index in [4.69, 9.17) is 16.0 Å². The average Bonchev–Trinajstić information content (AvgIpc) is 2.94. The van der Waals surface area contributed by atoms with Crippen molar-refractivity contribution in [2.24, 2.45) is 0 Å². The lowest BCUT2D eigenvalue weighted by Crippen LogP contribution is -2.33. The predicted molar refractivity (Wildman–Crippen MR) is 106 cm³/mol. The van der Waals surface area contributed by atoms with Gasteiger partial charge in [0.05, 0.1) is 11.6 Å². The van der Waals surface area contributed by atoms with Crippen molar-refractivity contribution in [3.63, 3.8) is 0 Å². The Morgan fingerprint density at radius 2 is 1.96 bits per heavy atom. The number of benzene rings is 2. The van der Waals surface area contributed by atoms with E-state index in [-0.39, 0.29) is 18.2 Å². The maximum Gasteiger partial charge on any atom is 0.287 e. The minimum absolute atomic E-state index is 0.153. The molecule has 0 bridgehead atoms. The van der Waals surface area contributed by atoms with Crippen LogP contribution < -0.4 is 10.6 Å². The summed E-state index contributed by atoms with van der Waals surface area (Å²) >= 11 is 9.47. The topological polar surface area (TPSA) is 71.3 Å². The van der Waals surface area contributed by atoms with Gasteiger partial charge >= 0.3 is 0 Å². The van der Waals surface area contributed by atoms with Gasteiger partial charge in [0.15, 0.2) is 11.3 Å². The third-order valence-electron chi connectivity index (χ3n) is 3.99. The number of hydrogen-bond acceptors (Lipinski definition) is 3. The molecule has 0 fully saturated rings. The largest absolute Gasteiger partial charge is 0.449 e. The normalized spacial score (nSPS) is 10.8. The van der Waals surface area contributed by atoms with Gasteiger partial charge in [-0.25, -0.2) is 0 Å². The Morgan fingerprint density at radius 1 is 1.19 bits per heavy atom. The second-order valence-corrected chi connectivity index (χ2v) is 7.19. The highest BCUT2D eigenvalue weighted by molar-refractivity contribution is 9.10. The molecule has 3 aromatic rings. The van der Waals surface area contributed by atoms with Crippen molar-refractivity contribution in [1.82, 2.24) is 5.32 Å². The molecule has 3 rings (SSSR count). The van der Waals surface area contributed by atoms with E-state index in [1.165, 1.54) is 0 Å². The van der Waals surface area contributed by atoms with E-state index in [0.29, 0.717) is 21.9 Å². The summed E-state index contributed by atoms with van der Waals surface area (Å²) in [5.41, 5.74) is 2.76. The van der Waals surface area contributed by atoms with Gasteiger partial charge < -0.3 is 15.1 Å². The fourth-order valence-corrected chi connectivity index (χ4v) is 3.32. The van der Waals surface area contributed by atoms with Crippen molar-refractivity contribution in [2.45, 2.75) is 13.8 Å². The second-order valence-electron chi connectivity index (χ2n) is 5.86. The molecule has 0 atom stereocenters. The van der Waals surface area contributed by atoms with Crippen LogP contribution >= 0.6 is 27.5 Å². The van der Waals surface area contributed by atoms with Gasteiger partial charge in [-0.05, 0) is 43.7 Å². The van der Waals surface area contributed by atoms with Crippen molar-refractivity contribution in [1.29, 1.82) is 0 Å². The first-order chi connectivity index (χ1) is 12.4. The van der Waals surface area contributed by atoms with Gasteiger partial charge in [-0.2, -0.15) is 0 Å². The molecule has 7 heteroatoms. The lowest BCUT2D eigenvalue weighted by Gasteiger charge is -2.09. The van der Waals surface area contributed by atoms with Crippen LogP contribution in [0.2, 0.25) is 5.02 Å². The SMILES string of the molecule is Cc1cc(Br)ccc1NC(=O)CNC(=O)c1oc2c(Cl)cccc2c1C. The Labute approximate surface area is 163 Å². The standard InChI is InChI=1S/C19H16BrClN2O3/c1-10-8-12(20)6-7-15(10)23-16(24)9-22-19(25)17-11(2)13-4-3-5-14(21)18(13)26-17/h3-8H,9H2,1-2H3,(H,22,25)(H,23,24). The zero-order valence-electron chi connectivity index (χ0n) is 14.2. The van der Waals surface area contributed by atoms with Gasteiger partial charge in [-0.15, -0.1) is 0 Å². The first kappa shape index (κ1) is 18.5. The van der Waals surface area contributed by atoms with E-state index >= 15 is 0 Å². The Morgan fingerprint density at radius 3 is 2.65 bits per heavy atom. The van der Waals surface area contributed by atoms with Crippen LogP contribution in [0.25, 0.3) is 11.0 Å². The minimum atomic E-state index is -0.461. The molecule has 0 saturated heterocycles. The molecule has 0 unspecified atom stereocenters.